The quantitative estimate of drug-likeness (QED) is 0.529. The number of aryl methyl sites for hydroxylation is 1. The number of hydrogen-bond acceptors (Lipinski definition) is 6. The maximum Gasteiger partial charge on any atom is 0.208 e. The number of benzene rings is 2. The molecule has 30 heavy (non-hydrogen) atoms. The van der Waals surface area contributed by atoms with Crippen LogP contribution < -0.4 is 9.64 Å². The molecule has 1 aromatic heterocycles. The van der Waals surface area contributed by atoms with E-state index in [1.165, 1.54) is 11.3 Å². The summed E-state index contributed by atoms with van der Waals surface area (Å²) in [5, 5.41) is 1.71. The molecule has 0 unspecified atom stereocenters. The molecule has 5 nitrogen and oxygen atoms in total. The van der Waals surface area contributed by atoms with Gasteiger partial charge in [-0.15, -0.1) is 0 Å². The van der Waals surface area contributed by atoms with Gasteiger partial charge in [0, 0.05) is 24.0 Å². The molecule has 1 aliphatic heterocycles. The molecule has 0 bridgehead atoms. The summed E-state index contributed by atoms with van der Waals surface area (Å²) in [7, 11) is -3.24. The number of sulfone groups is 1. The van der Waals surface area contributed by atoms with Crippen molar-refractivity contribution in [2.45, 2.75) is 18.7 Å². The Kier molecular flexibility index (Phi) is 5.74. The summed E-state index contributed by atoms with van der Waals surface area (Å²) in [5.41, 5.74) is 2.69. The first kappa shape index (κ1) is 20.4. The zero-order chi connectivity index (χ0) is 21.1. The zero-order valence-electron chi connectivity index (χ0n) is 16.8. The Morgan fingerprint density at radius 1 is 1.13 bits per heavy atom. The van der Waals surface area contributed by atoms with Gasteiger partial charge in [-0.3, -0.25) is 0 Å². The fourth-order valence-electron chi connectivity index (χ4n) is 3.13. The molecule has 0 aliphatic carbocycles. The van der Waals surface area contributed by atoms with Crippen LogP contribution in [0, 0.1) is 6.92 Å². The van der Waals surface area contributed by atoms with E-state index in [0.29, 0.717) is 11.4 Å². The van der Waals surface area contributed by atoms with E-state index in [2.05, 4.69) is 4.98 Å². The Morgan fingerprint density at radius 3 is 2.63 bits per heavy atom. The summed E-state index contributed by atoms with van der Waals surface area (Å²) in [5.74, 6) is 0.826. The Morgan fingerprint density at radius 2 is 1.93 bits per heavy atom. The molecule has 0 N–H and O–H groups in total. The van der Waals surface area contributed by atoms with Crippen molar-refractivity contribution in [3.8, 4) is 16.3 Å². The highest BCUT2D eigenvalue weighted by atomic mass is 32.2. The molecule has 0 fully saturated rings. The van der Waals surface area contributed by atoms with Crippen molar-refractivity contribution < 1.29 is 13.2 Å². The van der Waals surface area contributed by atoms with Gasteiger partial charge in [0.25, 0.3) is 0 Å². The van der Waals surface area contributed by atoms with Gasteiger partial charge < -0.3 is 9.64 Å². The van der Waals surface area contributed by atoms with Gasteiger partial charge >= 0.3 is 0 Å². The van der Waals surface area contributed by atoms with E-state index in [9.17, 15) is 8.42 Å². The van der Waals surface area contributed by atoms with E-state index in [1.54, 1.807) is 25.1 Å². The second-order valence-corrected chi connectivity index (χ2v) is 10.3. The van der Waals surface area contributed by atoms with Crippen molar-refractivity contribution in [1.29, 1.82) is 0 Å². The highest BCUT2D eigenvalue weighted by molar-refractivity contribution is 7.91. The van der Waals surface area contributed by atoms with Crippen LogP contribution in [-0.2, 0) is 9.84 Å². The highest BCUT2D eigenvalue weighted by Gasteiger charge is 2.17. The van der Waals surface area contributed by atoms with Crippen molar-refractivity contribution in [2.24, 2.45) is 0 Å². The highest BCUT2D eigenvalue weighted by Crippen LogP contribution is 2.36. The summed E-state index contributed by atoms with van der Waals surface area (Å²) in [6.45, 7) is 4.20. The average Bonchev–Trinajstić information content (AvgIpc) is 3.15. The molecule has 1 aliphatic rings. The fraction of sp³-hybridized carbons (Fsp3) is 0.174. The van der Waals surface area contributed by atoms with Crippen molar-refractivity contribution >= 4 is 26.9 Å². The number of nitrogens with zero attached hydrogens (tertiary/aromatic N) is 2. The van der Waals surface area contributed by atoms with Crippen LogP contribution in [0.15, 0.2) is 83.6 Å². The largest absolute Gasteiger partial charge is 0.445 e. The van der Waals surface area contributed by atoms with Gasteiger partial charge in [-0.25, -0.2) is 13.4 Å². The third-order valence-electron chi connectivity index (χ3n) is 4.76. The fourth-order valence-corrected chi connectivity index (χ4v) is 4.86. The molecule has 0 amide bonds. The number of hydrogen-bond donors (Lipinski definition) is 0. The molecule has 3 aromatic rings. The number of aromatic nitrogens is 1. The van der Waals surface area contributed by atoms with Crippen molar-refractivity contribution in [2.75, 3.05) is 17.2 Å². The third-order valence-corrected chi connectivity index (χ3v) is 7.34. The average molecular weight is 439 g/mol. The second-order valence-electron chi connectivity index (χ2n) is 6.81. The van der Waals surface area contributed by atoms with Crippen LogP contribution in [0.2, 0.25) is 0 Å². The minimum atomic E-state index is -3.24. The number of allylic oxidation sites excluding steroid dienone is 1. The molecule has 0 radical (unpaired) electrons. The van der Waals surface area contributed by atoms with Gasteiger partial charge in [-0.05, 0) is 37.3 Å². The number of thiazole rings is 1. The number of ether oxygens (including phenoxy) is 1. The lowest BCUT2D eigenvalue weighted by atomic mass is 10.2. The van der Waals surface area contributed by atoms with Crippen LogP contribution in [0.3, 0.4) is 0 Å². The predicted molar refractivity (Wildman–Crippen MR) is 122 cm³/mol. The van der Waals surface area contributed by atoms with E-state index in [-0.39, 0.29) is 5.75 Å². The Hall–Kier alpha value is -2.90. The van der Waals surface area contributed by atoms with Crippen molar-refractivity contribution in [3.63, 3.8) is 0 Å². The van der Waals surface area contributed by atoms with E-state index >= 15 is 0 Å². The Balaban J connectivity index is 1.51. The Labute approximate surface area is 180 Å². The maximum atomic E-state index is 12.2. The van der Waals surface area contributed by atoms with Gasteiger partial charge in [0.1, 0.15) is 11.5 Å². The number of anilines is 1. The van der Waals surface area contributed by atoms with Crippen molar-refractivity contribution in [1.82, 2.24) is 4.98 Å². The first-order valence-electron chi connectivity index (χ1n) is 9.65. The summed E-state index contributed by atoms with van der Waals surface area (Å²) in [4.78, 5) is 6.95. The molecular weight excluding hydrogens is 416 g/mol. The van der Waals surface area contributed by atoms with Gasteiger partial charge in [-0.2, -0.15) is 0 Å². The lowest BCUT2D eigenvalue weighted by Crippen LogP contribution is -2.20. The van der Waals surface area contributed by atoms with Crippen LogP contribution in [0.1, 0.15) is 11.9 Å². The van der Waals surface area contributed by atoms with Gasteiger partial charge in [0.15, 0.2) is 9.84 Å². The van der Waals surface area contributed by atoms with Gasteiger partial charge in [0.2, 0.25) is 5.06 Å². The van der Waals surface area contributed by atoms with Crippen LogP contribution in [0.4, 0.5) is 5.69 Å². The topological polar surface area (TPSA) is 59.5 Å². The number of rotatable bonds is 6. The van der Waals surface area contributed by atoms with Crippen LogP contribution in [0.25, 0.3) is 11.3 Å². The molecular formula is C23H22N2O3S2. The van der Waals surface area contributed by atoms with E-state index < -0.39 is 9.84 Å². The van der Waals surface area contributed by atoms with Crippen molar-refractivity contribution in [3.05, 3.63) is 83.7 Å². The molecule has 4 rings (SSSR count). The summed E-state index contributed by atoms with van der Waals surface area (Å²) in [6.07, 6.45) is 5.77. The minimum Gasteiger partial charge on any atom is -0.445 e. The first-order valence-corrected chi connectivity index (χ1v) is 12.1. The summed E-state index contributed by atoms with van der Waals surface area (Å²) >= 11 is 1.52. The van der Waals surface area contributed by atoms with Gasteiger partial charge in [-0.1, -0.05) is 54.7 Å². The smallest absolute Gasteiger partial charge is 0.208 e. The Bertz CT molecular complexity index is 1210. The molecule has 2 heterocycles. The molecule has 0 spiro atoms. The van der Waals surface area contributed by atoms with Crippen LogP contribution in [-0.4, -0.2) is 25.7 Å². The maximum absolute atomic E-state index is 12.2. The minimum absolute atomic E-state index is 0.0855. The zero-order valence-corrected chi connectivity index (χ0v) is 18.4. The molecule has 0 atom stereocenters. The summed E-state index contributed by atoms with van der Waals surface area (Å²) in [6, 6.07) is 17.0. The summed E-state index contributed by atoms with van der Waals surface area (Å²) < 4.78 is 30.5. The molecule has 154 valence electrons. The van der Waals surface area contributed by atoms with Crippen LogP contribution in [0.5, 0.6) is 5.06 Å². The third kappa shape index (κ3) is 4.32. The first-order chi connectivity index (χ1) is 14.5. The molecule has 7 heteroatoms. The standard InChI is InChI=1S/C23H22N2O3S2/c1-3-30(26,27)21-11-7-10-19(16-21)25-14-12-20(13-15-25)28-23-22(24-17(2)29-23)18-8-5-4-6-9-18/h4-14,16H,3,15H2,1-2H3. The monoisotopic (exact) mass is 438 g/mol. The van der Waals surface area contributed by atoms with E-state index in [0.717, 1.165) is 32.8 Å². The SMILES string of the molecule is CCS(=O)(=O)c1cccc(N2C=CC(Oc3sc(C)nc3-c3ccccc3)=CC2)c1. The second kappa shape index (κ2) is 8.45. The van der Waals surface area contributed by atoms with E-state index in [4.69, 9.17) is 4.74 Å². The lowest BCUT2D eigenvalue weighted by Gasteiger charge is -2.23. The van der Waals surface area contributed by atoms with Crippen LogP contribution >= 0.6 is 11.3 Å². The van der Waals surface area contributed by atoms with Gasteiger partial charge in [0.05, 0.1) is 15.7 Å². The molecule has 0 saturated heterocycles. The molecule has 0 saturated carbocycles. The lowest BCUT2D eigenvalue weighted by molar-refractivity contribution is 0.453. The predicted octanol–water partition coefficient (Wildman–Crippen LogP) is 5.21. The van der Waals surface area contributed by atoms with E-state index in [1.807, 2.05) is 66.6 Å². The molecule has 2 aromatic carbocycles. The normalized spacial score (nSPS) is 13.9.